The summed E-state index contributed by atoms with van der Waals surface area (Å²) in [6.07, 6.45) is 10.2. The van der Waals surface area contributed by atoms with E-state index >= 15 is 0 Å². The Morgan fingerprint density at radius 1 is 1.29 bits per heavy atom. The van der Waals surface area contributed by atoms with Crippen LogP contribution in [0.15, 0.2) is 18.2 Å². The molecule has 1 fully saturated rings. The molecule has 0 aromatic heterocycles. The highest BCUT2D eigenvalue weighted by atomic mass is 35.5. The van der Waals surface area contributed by atoms with Gasteiger partial charge in [-0.15, -0.1) is 0 Å². The molecule has 1 aliphatic carbocycles. The van der Waals surface area contributed by atoms with E-state index in [2.05, 4.69) is 5.43 Å². The van der Waals surface area contributed by atoms with E-state index in [1.807, 2.05) is 18.2 Å². The minimum absolute atomic E-state index is 0.278. The number of hydrogen-bond donors (Lipinski definition) is 2. The average Bonchev–Trinajstić information content (AvgIpc) is 2.75. The predicted octanol–water partition coefficient (Wildman–Crippen LogP) is 4.08. The number of rotatable bonds is 6. The number of benzene rings is 1. The van der Waals surface area contributed by atoms with Crippen molar-refractivity contribution in [2.75, 3.05) is 7.11 Å². The summed E-state index contributed by atoms with van der Waals surface area (Å²) < 4.78 is 5.43. The highest BCUT2D eigenvalue weighted by Crippen LogP contribution is 2.29. The van der Waals surface area contributed by atoms with Gasteiger partial charge in [-0.2, -0.15) is 0 Å². The maximum atomic E-state index is 6.11. The monoisotopic (exact) mass is 310 g/mol. The number of methoxy groups -OCH3 is 1. The topological polar surface area (TPSA) is 47.3 Å². The first kappa shape index (κ1) is 16.6. The number of hydrogen-bond acceptors (Lipinski definition) is 3. The smallest absolute Gasteiger partial charge is 0.122 e. The summed E-state index contributed by atoms with van der Waals surface area (Å²) in [5.74, 6) is 7.46. The minimum atomic E-state index is 0.278. The summed E-state index contributed by atoms with van der Waals surface area (Å²) in [5, 5.41) is 0.746. The molecule has 0 radical (unpaired) electrons. The number of nitrogens with one attached hydrogen (secondary N) is 1. The Morgan fingerprint density at radius 3 is 2.62 bits per heavy atom. The van der Waals surface area contributed by atoms with Crippen molar-refractivity contribution in [1.82, 2.24) is 5.43 Å². The van der Waals surface area contributed by atoms with Crippen LogP contribution < -0.4 is 16.0 Å². The van der Waals surface area contributed by atoms with Gasteiger partial charge in [-0.1, -0.05) is 50.1 Å². The van der Waals surface area contributed by atoms with E-state index in [9.17, 15) is 0 Å². The summed E-state index contributed by atoms with van der Waals surface area (Å²) in [6, 6.07) is 6.05. The van der Waals surface area contributed by atoms with Gasteiger partial charge < -0.3 is 4.74 Å². The molecule has 118 valence electrons. The average molecular weight is 311 g/mol. The zero-order valence-corrected chi connectivity index (χ0v) is 13.7. The van der Waals surface area contributed by atoms with Gasteiger partial charge in [0.1, 0.15) is 5.75 Å². The van der Waals surface area contributed by atoms with Crippen molar-refractivity contribution < 1.29 is 4.74 Å². The van der Waals surface area contributed by atoms with Gasteiger partial charge in [-0.25, -0.2) is 0 Å². The van der Waals surface area contributed by atoms with Crippen LogP contribution in [-0.4, -0.2) is 13.2 Å². The molecule has 2 rings (SSSR count). The first-order chi connectivity index (χ1) is 10.2. The second kappa shape index (κ2) is 8.62. The van der Waals surface area contributed by atoms with Crippen molar-refractivity contribution in [2.24, 2.45) is 11.8 Å². The summed E-state index contributed by atoms with van der Waals surface area (Å²) in [5.41, 5.74) is 4.12. The zero-order valence-electron chi connectivity index (χ0n) is 12.9. The summed E-state index contributed by atoms with van der Waals surface area (Å²) in [4.78, 5) is 0. The van der Waals surface area contributed by atoms with Crippen LogP contribution in [0.3, 0.4) is 0 Å². The second-order valence-electron chi connectivity index (χ2n) is 6.12. The van der Waals surface area contributed by atoms with Crippen LogP contribution in [0.2, 0.25) is 5.02 Å². The Hall–Kier alpha value is -0.770. The second-order valence-corrected chi connectivity index (χ2v) is 6.55. The van der Waals surface area contributed by atoms with Crippen molar-refractivity contribution in [3.63, 3.8) is 0 Å². The van der Waals surface area contributed by atoms with Crippen molar-refractivity contribution in [3.8, 4) is 5.75 Å². The largest absolute Gasteiger partial charge is 0.496 e. The van der Waals surface area contributed by atoms with Crippen molar-refractivity contribution in [2.45, 2.75) is 57.4 Å². The lowest BCUT2D eigenvalue weighted by molar-refractivity contribution is 0.347. The van der Waals surface area contributed by atoms with Gasteiger partial charge in [0.2, 0.25) is 0 Å². The third-order valence-electron chi connectivity index (χ3n) is 4.54. The molecular formula is C17H27ClN2O. The lowest BCUT2D eigenvalue weighted by atomic mass is 9.90. The van der Waals surface area contributed by atoms with Gasteiger partial charge in [-0.05, 0) is 42.5 Å². The lowest BCUT2D eigenvalue weighted by Gasteiger charge is -2.23. The number of ether oxygens (including phenoxy) is 1. The van der Waals surface area contributed by atoms with Gasteiger partial charge in [-0.3, -0.25) is 11.3 Å². The van der Waals surface area contributed by atoms with Crippen LogP contribution in [0.4, 0.5) is 0 Å². The van der Waals surface area contributed by atoms with E-state index in [0.717, 1.165) is 35.1 Å². The quantitative estimate of drug-likeness (QED) is 0.473. The third kappa shape index (κ3) is 5.17. The molecule has 4 heteroatoms. The van der Waals surface area contributed by atoms with Gasteiger partial charge in [0.25, 0.3) is 0 Å². The first-order valence-corrected chi connectivity index (χ1v) is 8.39. The van der Waals surface area contributed by atoms with Crippen LogP contribution in [0.5, 0.6) is 5.75 Å². The maximum absolute atomic E-state index is 6.11. The van der Waals surface area contributed by atoms with Crippen molar-refractivity contribution >= 4 is 11.6 Å². The predicted molar refractivity (Wildman–Crippen MR) is 88.6 cm³/mol. The molecule has 0 saturated heterocycles. The molecule has 1 aliphatic rings. The molecule has 0 amide bonds. The van der Waals surface area contributed by atoms with E-state index in [0.29, 0.717) is 0 Å². The molecule has 1 atom stereocenters. The van der Waals surface area contributed by atoms with Gasteiger partial charge >= 0.3 is 0 Å². The zero-order chi connectivity index (χ0) is 15.1. The van der Waals surface area contributed by atoms with E-state index in [-0.39, 0.29) is 6.04 Å². The standard InChI is InChI=1S/C17H27ClN2O/c1-21-17-9-8-15(18)11-14(17)12-16(20-19)10-13-6-4-2-3-5-7-13/h8-9,11,13,16,20H,2-7,10,12,19H2,1H3. The fourth-order valence-corrected chi connectivity index (χ4v) is 3.58. The summed E-state index contributed by atoms with van der Waals surface area (Å²) in [6.45, 7) is 0. The maximum Gasteiger partial charge on any atom is 0.122 e. The van der Waals surface area contributed by atoms with E-state index in [1.165, 1.54) is 38.5 Å². The number of halogens is 1. The van der Waals surface area contributed by atoms with Crippen LogP contribution >= 0.6 is 11.6 Å². The van der Waals surface area contributed by atoms with E-state index < -0.39 is 0 Å². The SMILES string of the molecule is COc1ccc(Cl)cc1CC(CC1CCCCCC1)NN. The Kier molecular flexibility index (Phi) is 6.81. The molecule has 0 aliphatic heterocycles. The summed E-state index contributed by atoms with van der Waals surface area (Å²) in [7, 11) is 1.70. The minimum Gasteiger partial charge on any atom is -0.496 e. The molecule has 0 bridgehead atoms. The fraction of sp³-hybridized carbons (Fsp3) is 0.647. The van der Waals surface area contributed by atoms with Gasteiger partial charge in [0.15, 0.2) is 0 Å². The first-order valence-electron chi connectivity index (χ1n) is 8.01. The Bertz CT molecular complexity index is 431. The van der Waals surface area contributed by atoms with Crippen LogP contribution in [0, 0.1) is 5.92 Å². The highest BCUT2D eigenvalue weighted by molar-refractivity contribution is 6.30. The van der Waals surface area contributed by atoms with E-state index in [1.54, 1.807) is 7.11 Å². The van der Waals surface area contributed by atoms with E-state index in [4.69, 9.17) is 22.2 Å². The molecule has 0 spiro atoms. The normalized spacial score (nSPS) is 18.2. The molecule has 1 aromatic rings. The van der Waals surface area contributed by atoms with Gasteiger partial charge in [0, 0.05) is 11.1 Å². The molecule has 3 N–H and O–H groups in total. The molecule has 21 heavy (non-hydrogen) atoms. The van der Waals surface area contributed by atoms with Crippen molar-refractivity contribution in [1.29, 1.82) is 0 Å². The molecule has 1 aromatic carbocycles. The van der Waals surface area contributed by atoms with Crippen molar-refractivity contribution in [3.05, 3.63) is 28.8 Å². The Labute approximate surface area is 133 Å². The van der Waals surface area contributed by atoms with Crippen LogP contribution in [0.25, 0.3) is 0 Å². The van der Waals surface area contributed by atoms with Crippen LogP contribution in [-0.2, 0) is 6.42 Å². The van der Waals surface area contributed by atoms with Gasteiger partial charge in [0.05, 0.1) is 7.11 Å². The Morgan fingerprint density at radius 2 is 2.00 bits per heavy atom. The fourth-order valence-electron chi connectivity index (χ4n) is 3.38. The highest BCUT2D eigenvalue weighted by Gasteiger charge is 2.19. The van der Waals surface area contributed by atoms with Crippen LogP contribution in [0.1, 0.15) is 50.5 Å². The molecule has 3 nitrogen and oxygen atoms in total. The number of nitrogens with two attached hydrogens (primary N) is 1. The lowest BCUT2D eigenvalue weighted by Crippen LogP contribution is -2.38. The summed E-state index contributed by atoms with van der Waals surface area (Å²) >= 11 is 6.11. The molecule has 1 unspecified atom stereocenters. The molecule has 0 heterocycles. The third-order valence-corrected chi connectivity index (χ3v) is 4.77. The molecular weight excluding hydrogens is 284 g/mol. The molecule has 1 saturated carbocycles. The number of hydrazine groups is 1. The Balaban J connectivity index is 1.99.